The van der Waals surface area contributed by atoms with Gasteiger partial charge in [0, 0.05) is 77.0 Å². The molecule has 8 heteroatoms. The van der Waals surface area contributed by atoms with Crippen molar-refractivity contribution in [2.45, 2.75) is 62.5 Å². The van der Waals surface area contributed by atoms with Crippen LogP contribution in [0.2, 0.25) is 0 Å². The first-order valence-electron chi connectivity index (χ1n) is 10.00. The fraction of sp³-hybridized carbons (Fsp3) is 1.00. The van der Waals surface area contributed by atoms with Gasteiger partial charge in [0.1, 0.15) is 0 Å². The average Bonchev–Trinajstić information content (AvgIpc) is 3.29. The lowest BCUT2D eigenvalue weighted by atomic mass is 10.0. The van der Waals surface area contributed by atoms with Crippen LogP contribution in [0.1, 0.15) is 38.5 Å². The van der Waals surface area contributed by atoms with E-state index < -0.39 is 11.8 Å². The molecule has 2 N–H and O–H groups in total. The van der Waals surface area contributed by atoms with Crippen LogP contribution in [0.5, 0.6) is 0 Å². The van der Waals surface area contributed by atoms with Gasteiger partial charge in [-0.1, -0.05) is 0 Å². The zero-order chi connectivity index (χ0) is 18.6. The highest BCUT2D eigenvalue weighted by Gasteiger charge is 2.37. The maximum Gasteiger partial charge on any atom is 0.250 e. The summed E-state index contributed by atoms with van der Waals surface area (Å²) in [6.07, 6.45) is 2.41. The number of rotatable bonds is 2. The highest BCUT2D eigenvalue weighted by Crippen LogP contribution is 2.30. The van der Waals surface area contributed by atoms with Gasteiger partial charge in [-0.05, 0) is 25.9 Å². The van der Waals surface area contributed by atoms with E-state index in [-0.39, 0.29) is 25.7 Å². The number of nitrogens with zero attached hydrogens (tertiary/aromatic N) is 2. The highest BCUT2D eigenvalue weighted by molar-refractivity contribution is 4.87. The molecule has 4 saturated heterocycles. The molecule has 4 rings (SSSR count). The summed E-state index contributed by atoms with van der Waals surface area (Å²) in [4.78, 5) is 4.41. The third kappa shape index (κ3) is 5.78. The van der Waals surface area contributed by atoms with Crippen LogP contribution in [-0.2, 0) is 0 Å². The first-order chi connectivity index (χ1) is 12.3. The molecule has 2 unspecified atom stereocenters. The van der Waals surface area contributed by atoms with Crippen molar-refractivity contribution in [2.24, 2.45) is 0 Å². The molecule has 4 aliphatic rings. The fourth-order valence-corrected chi connectivity index (χ4v) is 4.33. The van der Waals surface area contributed by atoms with E-state index in [0.29, 0.717) is 38.3 Å². The van der Waals surface area contributed by atoms with Crippen molar-refractivity contribution in [1.29, 1.82) is 0 Å². The van der Waals surface area contributed by atoms with Gasteiger partial charge >= 0.3 is 0 Å². The van der Waals surface area contributed by atoms with Gasteiger partial charge in [0.05, 0.1) is 0 Å². The molecule has 152 valence electrons. The summed E-state index contributed by atoms with van der Waals surface area (Å²) in [5, 5.41) is 6.52. The molecule has 0 bridgehead atoms. The van der Waals surface area contributed by atoms with Gasteiger partial charge in [0.15, 0.2) is 0 Å². The zero-order valence-electron chi connectivity index (χ0n) is 15.5. The molecule has 0 saturated carbocycles. The van der Waals surface area contributed by atoms with E-state index in [4.69, 9.17) is 0 Å². The topological polar surface area (TPSA) is 30.5 Å². The average molecular weight is 380 g/mol. The highest BCUT2D eigenvalue weighted by atomic mass is 19.3. The molecule has 4 heterocycles. The molecule has 0 radical (unpaired) electrons. The number of likely N-dealkylation sites (tertiary alicyclic amines) is 2. The SMILES string of the molecule is FC1(F)CCN(C2CCNC2)CC1.FC1(F)CCN(C2CCNC2)CC1. The van der Waals surface area contributed by atoms with Crippen molar-refractivity contribution in [3.63, 3.8) is 0 Å². The second-order valence-electron chi connectivity index (χ2n) is 8.08. The summed E-state index contributed by atoms with van der Waals surface area (Å²) >= 11 is 0. The van der Waals surface area contributed by atoms with Crippen molar-refractivity contribution < 1.29 is 17.6 Å². The van der Waals surface area contributed by atoms with Gasteiger partial charge < -0.3 is 10.6 Å². The quantitative estimate of drug-likeness (QED) is 0.719. The van der Waals surface area contributed by atoms with Crippen LogP contribution in [0.15, 0.2) is 0 Å². The molecule has 0 aromatic rings. The van der Waals surface area contributed by atoms with E-state index in [9.17, 15) is 17.6 Å². The Bertz CT molecular complexity index is 377. The normalized spacial score (nSPS) is 35.1. The summed E-state index contributed by atoms with van der Waals surface area (Å²) in [5.41, 5.74) is 0. The van der Waals surface area contributed by atoms with Gasteiger partial charge in [0.2, 0.25) is 0 Å². The second-order valence-corrected chi connectivity index (χ2v) is 8.08. The molecular weight excluding hydrogens is 348 g/mol. The van der Waals surface area contributed by atoms with Gasteiger partial charge in [-0.3, -0.25) is 9.80 Å². The molecule has 0 aliphatic carbocycles. The Morgan fingerprint density at radius 1 is 0.615 bits per heavy atom. The standard InChI is InChI=1S/2C9H16F2N2/c2*10-9(11)2-5-13(6-3-9)8-1-4-12-7-8/h2*8,12H,1-7H2. The Morgan fingerprint density at radius 2 is 0.962 bits per heavy atom. The maximum absolute atomic E-state index is 12.8. The first-order valence-corrected chi connectivity index (χ1v) is 10.00. The van der Waals surface area contributed by atoms with Gasteiger partial charge in [-0.15, -0.1) is 0 Å². The van der Waals surface area contributed by atoms with E-state index in [1.54, 1.807) is 0 Å². The van der Waals surface area contributed by atoms with Crippen LogP contribution >= 0.6 is 0 Å². The summed E-state index contributed by atoms with van der Waals surface area (Å²) in [5.74, 6) is -4.80. The molecule has 4 nitrogen and oxygen atoms in total. The van der Waals surface area contributed by atoms with E-state index in [0.717, 1.165) is 39.0 Å². The first kappa shape index (κ1) is 20.3. The van der Waals surface area contributed by atoms with E-state index >= 15 is 0 Å². The van der Waals surface area contributed by atoms with Crippen molar-refractivity contribution >= 4 is 0 Å². The molecule has 0 aromatic carbocycles. The Balaban J connectivity index is 0.000000151. The van der Waals surface area contributed by atoms with Crippen molar-refractivity contribution in [3.8, 4) is 0 Å². The summed E-state index contributed by atoms with van der Waals surface area (Å²) < 4.78 is 51.3. The molecule has 0 amide bonds. The molecular formula is C18H32F4N4. The van der Waals surface area contributed by atoms with Crippen LogP contribution in [0.4, 0.5) is 17.6 Å². The van der Waals surface area contributed by atoms with E-state index in [2.05, 4.69) is 20.4 Å². The summed E-state index contributed by atoms with van der Waals surface area (Å²) in [6.45, 7) is 6.31. The number of halogens is 4. The molecule has 2 atom stereocenters. The third-order valence-electron chi connectivity index (χ3n) is 6.16. The minimum Gasteiger partial charge on any atom is -0.315 e. The zero-order valence-corrected chi connectivity index (χ0v) is 15.5. The fourth-order valence-electron chi connectivity index (χ4n) is 4.33. The number of alkyl halides is 4. The van der Waals surface area contributed by atoms with Gasteiger partial charge in [-0.25, -0.2) is 17.6 Å². The van der Waals surface area contributed by atoms with E-state index in [1.807, 2.05) is 0 Å². The van der Waals surface area contributed by atoms with E-state index in [1.165, 1.54) is 0 Å². The van der Waals surface area contributed by atoms with Crippen molar-refractivity contribution in [3.05, 3.63) is 0 Å². The minimum atomic E-state index is -2.40. The number of hydrogen-bond acceptors (Lipinski definition) is 4. The lowest BCUT2D eigenvalue weighted by molar-refractivity contribution is -0.0620. The molecule has 4 aliphatic heterocycles. The molecule has 4 fully saturated rings. The largest absolute Gasteiger partial charge is 0.315 e. The van der Waals surface area contributed by atoms with Gasteiger partial charge in [0.25, 0.3) is 11.8 Å². The number of hydrogen-bond donors (Lipinski definition) is 2. The summed E-state index contributed by atoms with van der Waals surface area (Å²) in [7, 11) is 0. The van der Waals surface area contributed by atoms with Crippen LogP contribution < -0.4 is 10.6 Å². The number of nitrogens with one attached hydrogen (secondary N) is 2. The lowest BCUT2D eigenvalue weighted by Gasteiger charge is -2.35. The molecule has 0 aromatic heterocycles. The van der Waals surface area contributed by atoms with Crippen LogP contribution in [0, 0.1) is 0 Å². The second kappa shape index (κ2) is 8.71. The predicted octanol–water partition coefficient (Wildman–Crippen LogP) is 2.16. The van der Waals surface area contributed by atoms with Crippen LogP contribution in [0.3, 0.4) is 0 Å². The Hall–Kier alpha value is -0.440. The molecule has 26 heavy (non-hydrogen) atoms. The monoisotopic (exact) mass is 380 g/mol. The lowest BCUT2D eigenvalue weighted by Crippen LogP contribution is -2.45. The van der Waals surface area contributed by atoms with Crippen LogP contribution in [0.25, 0.3) is 0 Å². The van der Waals surface area contributed by atoms with Crippen molar-refractivity contribution in [2.75, 3.05) is 52.4 Å². The van der Waals surface area contributed by atoms with Crippen molar-refractivity contribution in [1.82, 2.24) is 20.4 Å². The molecule has 0 spiro atoms. The Labute approximate surface area is 153 Å². The smallest absolute Gasteiger partial charge is 0.250 e. The van der Waals surface area contributed by atoms with Gasteiger partial charge in [-0.2, -0.15) is 0 Å². The maximum atomic E-state index is 12.8. The Morgan fingerprint density at radius 3 is 1.23 bits per heavy atom. The number of piperidine rings is 2. The van der Waals surface area contributed by atoms with Crippen LogP contribution in [-0.4, -0.2) is 86.1 Å². The predicted molar refractivity (Wildman–Crippen MR) is 94.1 cm³/mol. The minimum absolute atomic E-state index is 0.0451. The Kier molecular flexibility index (Phi) is 6.80. The third-order valence-corrected chi connectivity index (χ3v) is 6.16. The summed E-state index contributed by atoms with van der Waals surface area (Å²) in [6, 6.07) is 1.02.